The molecule has 0 aliphatic rings. The number of hydrogen-bond acceptors (Lipinski definition) is 3. The number of alkyl halides is 3. The van der Waals surface area contributed by atoms with Crippen molar-refractivity contribution >= 4 is 17.4 Å². The molecule has 8 heteroatoms. The second-order valence-corrected chi connectivity index (χ2v) is 5.19. The van der Waals surface area contributed by atoms with E-state index in [-0.39, 0.29) is 17.1 Å². The van der Waals surface area contributed by atoms with E-state index in [4.69, 9.17) is 4.74 Å². The summed E-state index contributed by atoms with van der Waals surface area (Å²) in [5.41, 5.74) is 0.203. The van der Waals surface area contributed by atoms with Gasteiger partial charge in [-0.2, -0.15) is 13.2 Å². The second-order valence-electron chi connectivity index (χ2n) is 4.35. The Morgan fingerprint density at radius 2 is 2.14 bits per heavy atom. The van der Waals surface area contributed by atoms with Gasteiger partial charge in [-0.05, 0) is 32.0 Å². The molecule has 2 rings (SSSR count). The molecule has 0 N–H and O–H groups in total. The predicted molar refractivity (Wildman–Crippen MR) is 76.0 cm³/mol. The zero-order chi connectivity index (χ0) is 16.3. The molecule has 4 nitrogen and oxygen atoms in total. The summed E-state index contributed by atoms with van der Waals surface area (Å²) in [5.74, 6) is 0. The van der Waals surface area contributed by atoms with E-state index >= 15 is 0 Å². The van der Waals surface area contributed by atoms with Crippen LogP contribution in [0.25, 0.3) is 5.69 Å². The highest BCUT2D eigenvalue weighted by atomic mass is 32.1. The number of hydrogen-bond donors (Lipinski definition) is 0. The van der Waals surface area contributed by atoms with Gasteiger partial charge >= 0.3 is 12.3 Å². The fourth-order valence-corrected chi connectivity index (χ4v) is 2.70. The smallest absolute Gasteiger partial charge is 0.436 e. The minimum atomic E-state index is -4.43. The van der Waals surface area contributed by atoms with Crippen LogP contribution in [0.5, 0.6) is 0 Å². The van der Waals surface area contributed by atoms with Gasteiger partial charge in [-0.15, -0.1) is 16.3 Å². The van der Waals surface area contributed by atoms with E-state index in [2.05, 4.69) is 4.99 Å². The molecule has 0 unspecified atom stereocenters. The molecule has 1 heterocycles. The molecule has 0 saturated carbocycles. The van der Waals surface area contributed by atoms with Gasteiger partial charge in [0.2, 0.25) is 4.80 Å². The Bertz CT molecular complexity index is 747. The van der Waals surface area contributed by atoms with Crippen LogP contribution in [0, 0.1) is 6.92 Å². The Balaban J connectivity index is 2.54. The summed E-state index contributed by atoms with van der Waals surface area (Å²) in [6.07, 6.45) is -5.20. The number of rotatable bonds is 2. The summed E-state index contributed by atoms with van der Waals surface area (Å²) in [6.45, 7) is 3.55. The molecule has 0 fully saturated rings. The number of amides is 1. The quantitative estimate of drug-likeness (QED) is 0.837. The average molecular weight is 330 g/mol. The number of nitrogens with zero attached hydrogens (tertiary/aromatic N) is 2. The number of aromatic nitrogens is 1. The lowest BCUT2D eigenvalue weighted by molar-refractivity contribution is -0.137. The predicted octanol–water partition coefficient (Wildman–Crippen LogP) is 3.92. The summed E-state index contributed by atoms with van der Waals surface area (Å²) in [5, 5.41) is 1.71. The normalized spacial score (nSPS) is 12.5. The molecule has 22 heavy (non-hydrogen) atoms. The van der Waals surface area contributed by atoms with Crippen LogP contribution in [-0.2, 0) is 10.9 Å². The van der Waals surface area contributed by atoms with Crippen molar-refractivity contribution in [1.29, 1.82) is 0 Å². The standard InChI is InChI=1S/C14H13F3N2O2S/c1-3-21-13(20)18-12-19(9(2)8-22-12)11-6-4-5-10(7-11)14(15,16)17/h4-8H,3H2,1-2H3/b18-12+. The highest BCUT2D eigenvalue weighted by Crippen LogP contribution is 2.30. The van der Waals surface area contributed by atoms with Crippen molar-refractivity contribution in [3.8, 4) is 5.69 Å². The third-order valence-electron chi connectivity index (χ3n) is 2.77. The monoisotopic (exact) mass is 330 g/mol. The molecule has 2 aromatic rings. The lowest BCUT2D eigenvalue weighted by atomic mass is 10.2. The molecule has 0 radical (unpaired) electrons. The van der Waals surface area contributed by atoms with E-state index in [0.717, 1.165) is 23.5 Å². The first kappa shape index (κ1) is 16.3. The van der Waals surface area contributed by atoms with Gasteiger partial charge in [0.1, 0.15) is 0 Å². The maximum atomic E-state index is 12.8. The van der Waals surface area contributed by atoms with E-state index < -0.39 is 17.8 Å². The van der Waals surface area contributed by atoms with Crippen molar-refractivity contribution in [2.75, 3.05) is 6.61 Å². The van der Waals surface area contributed by atoms with Gasteiger partial charge in [-0.3, -0.25) is 4.57 Å². The van der Waals surface area contributed by atoms with Crippen molar-refractivity contribution < 1.29 is 22.7 Å². The minimum Gasteiger partial charge on any atom is -0.448 e. The number of aryl methyl sites for hydroxylation is 1. The number of thiazole rings is 1. The van der Waals surface area contributed by atoms with Crippen molar-refractivity contribution in [1.82, 2.24) is 4.57 Å². The molecule has 1 aromatic heterocycles. The minimum absolute atomic E-state index is 0.177. The van der Waals surface area contributed by atoms with Crippen molar-refractivity contribution in [3.63, 3.8) is 0 Å². The largest absolute Gasteiger partial charge is 0.448 e. The molecule has 0 aliphatic carbocycles. The molecule has 0 bridgehead atoms. The van der Waals surface area contributed by atoms with E-state index in [1.807, 2.05) is 0 Å². The molecule has 0 spiro atoms. The van der Waals surface area contributed by atoms with Crippen LogP contribution in [-0.4, -0.2) is 17.3 Å². The summed E-state index contributed by atoms with van der Waals surface area (Å²) in [7, 11) is 0. The highest BCUT2D eigenvalue weighted by Gasteiger charge is 2.30. The molecule has 118 valence electrons. The van der Waals surface area contributed by atoms with E-state index in [1.165, 1.54) is 16.7 Å². The van der Waals surface area contributed by atoms with Gasteiger partial charge in [-0.25, -0.2) is 4.79 Å². The van der Waals surface area contributed by atoms with Gasteiger partial charge in [0, 0.05) is 16.8 Å². The van der Waals surface area contributed by atoms with E-state index in [0.29, 0.717) is 5.69 Å². The van der Waals surface area contributed by atoms with Crippen LogP contribution in [0.1, 0.15) is 18.2 Å². The number of benzene rings is 1. The Hall–Kier alpha value is -2.09. The van der Waals surface area contributed by atoms with Crippen molar-refractivity contribution in [3.05, 3.63) is 45.7 Å². The average Bonchev–Trinajstić information content (AvgIpc) is 2.79. The first-order chi connectivity index (χ1) is 10.3. The van der Waals surface area contributed by atoms with Crippen LogP contribution in [0.2, 0.25) is 0 Å². The van der Waals surface area contributed by atoms with Crippen LogP contribution in [0.4, 0.5) is 18.0 Å². The lowest BCUT2D eigenvalue weighted by Gasteiger charge is -2.10. The van der Waals surface area contributed by atoms with E-state index in [9.17, 15) is 18.0 Å². The topological polar surface area (TPSA) is 43.6 Å². The first-order valence-corrected chi connectivity index (χ1v) is 7.27. The van der Waals surface area contributed by atoms with Gasteiger partial charge in [0.05, 0.1) is 12.2 Å². The van der Waals surface area contributed by atoms with Gasteiger partial charge < -0.3 is 4.74 Å². The van der Waals surface area contributed by atoms with E-state index in [1.54, 1.807) is 19.2 Å². The second kappa shape index (κ2) is 6.35. The van der Waals surface area contributed by atoms with Crippen molar-refractivity contribution in [2.24, 2.45) is 4.99 Å². The van der Waals surface area contributed by atoms with Gasteiger partial charge in [-0.1, -0.05) is 6.07 Å². The van der Waals surface area contributed by atoms with Crippen LogP contribution in [0.15, 0.2) is 34.6 Å². The first-order valence-electron chi connectivity index (χ1n) is 6.39. The fourth-order valence-electron chi connectivity index (χ4n) is 1.84. The van der Waals surface area contributed by atoms with Gasteiger partial charge in [0.25, 0.3) is 0 Å². The number of halogens is 3. The number of ether oxygens (including phenoxy) is 1. The zero-order valence-corrected chi connectivity index (χ0v) is 12.7. The Morgan fingerprint density at radius 3 is 2.77 bits per heavy atom. The molecule has 0 atom stereocenters. The SMILES string of the molecule is CCOC(=O)/N=c1/scc(C)n1-c1cccc(C(F)(F)F)c1. The van der Waals surface area contributed by atoms with Crippen LogP contribution < -0.4 is 4.80 Å². The third-order valence-corrected chi connectivity index (χ3v) is 3.71. The number of carbonyl (C=O) groups is 1. The molecule has 1 amide bonds. The summed E-state index contributed by atoms with van der Waals surface area (Å²) >= 11 is 1.15. The summed E-state index contributed by atoms with van der Waals surface area (Å²) < 4.78 is 44.7. The number of carbonyl (C=O) groups excluding carboxylic acids is 1. The van der Waals surface area contributed by atoms with Gasteiger partial charge in [0.15, 0.2) is 0 Å². The molecule has 0 saturated heterocycles. The third kappa shape index (κ3) is 3.56. The maximum absolute atomic E-state index is 12.8. The highest BCUT2D eigenvalue weighted by molar-refractivity contribution is 7.07. The van der Waals surface area contributed by atoms with Crippen LogP contribution in [0.3, 0.4) is 0 Å². The van der Waals surface area contributed by atoms with Crippen LogP contribution >= 0.6 is 11.3 Å². The summed E-state index contributed by atoms with van der Waals surface area (Å²) in [4.78, 5) is 15.5. The zero-order valence-electron chi connectivity index (χ0n) is 11.8. The lowest BCUT2D eigenvalue weighted by Crippen LogP contribution is -2.17. The summed E-state index contributed by atoms with van der Waals surface area (Å²) in [6, 6.07) is 4.85. The Kier molecular flexibility index (Phi) is 4.70. The molecular formula is C14H13F3N2O2S. The maximum Gasteiger partial charge on any atom is 0.436 e. The Labute approximate surface area is 128 Å². The Morgan fingerprint density at radius 1 is 1.41 bits per heavy atom. The molecule has 1 aromatic carbocycles. The fraction of sp³-hybridized carbons (Fsp3) is 0.286. The molecule has 0 aliphatic heterocycles. The molecular weight excluding hydrogens is 317 g/mol. The van der Waals surface area contributed by atoms with Crippen molar-refractivity contribution in [2.45, 2.75) is 20.0 Å².